The predicted molar refractivity (Wildman–Crippen MR) is 180 cm³/mol. The monoisotopic (exact) mass is 710 g/mol. The van der Waals surface area contributed by atoms with Gasteiger partial charge in [0.2, 0.25) is 10.0 Å². The van der Waals surface area contributed by atoms with Crippen molar-refractivity contribution < 1.29 is 35.9 Å². The van der Waals surface area contributed by atoms with E-state index in [9.17, 15) is 22.7 Å². The summed E-state index contributed by atoms with van der Waals surface area (Å²) in [5.41, 5.74) is -0.794. The maximum atomic E-state index is 16.1. The van der Waals surface area contributed by atoms with Gasteiger partial charge in [-0.2, -0.15) is 4.31 Å². The Morgan fingerprint density at radius 3 is 2.38 bits per heavy atom. The number of nitrogens with one attached hydrogen (secondary N) is 2. The lowest BCUT2D eigenvalue weighted by Crippen LogP contribution is -2.54. The summed E-state index contributed by atoms with van der Waals surface area (Å²) in [5.74, 6) is -3.73. The van der Waals surface area contributed by atoms with E-state index in [0.717, 1.165) is 31.2 Å². The summed E-state index contributed by atoms with van der Waals surface area (Å²) >= 11 is 0. The zero-order chi connectivity index (χ0) is 35.5. The Labute approximate surface area is 288 Å². The third-order valence-electron chi connectivity index (χ3n) is 9.62. The third kappa shape index (κ3) is 7.69. The summed E-state index contributed by atoms with van der Waals surface area (Å²) in [6, 6.07) is 13.6. The number of benzene rings is 3. The number of carbonyl (C=O) groups is 1. The topological polar surface area (TPSA) is 112 Å². The van der Waals surface area contributed by atoms with Crippen LogP contribution in [-0.2, 0) is 21.9 Å². The van der Waals surface area contributed by atoms with Crippen molar-refractivity contribution in [2.75, 3.05) is 31.9 Å². The molecule has 0 unspecified atom stereocenters. The maximum absolute atomic E-state index is 16.1. The van der Waals surface area contributed by atoms with Gasteiger partial charge in [-0.3, -0.25) is 9.78 Å². The average molecular weight is 711 g/mol. The van der Waals surface area contributed by atoms with E-state index in [1.807, 2.05) is 0 Å². The Bertz CT molecular complexity index is 1940. The highest BCUT2D eigenvalue weighted by Gasteiger charge is 2.41. The lowest BCUT2D eigenvalue weighted by Gasteiger charge is -2.38. The van der Waals surface area contributed by atoms with Crippen molar-refractivity contribution in [3.05, 3.63) is 130 Å². The van der Waals surface area contributed by atoms with Gasteiger partial charge in [-0.15, -0.1) is 0 Å². The van der Waals surface area contributed by atoms with Crippen molar-refractivity contribution in [1.29, 1.82) is 0 Å². The van der Waals surface area contributed by atoms with Gasteiger partial charge >= 0.3 is 0 Å². The Morgan fingerprint density at radius 1 is 0.960 bits per heavy atom. The number of aromatic hydroxyl groups is 1. The Balaban J connectivity index is 1.43. The molecule has 1 aliphatic carbocycles. The van der Waals surface area contributed by atoms with Gasteiger partial charge in [0.05, 0.1) is 17.5 Å². The van der Waals surface area contributed by atoms with Crippen LogP contribution in [0.2, 0.25) is 0 Å². The molecule has 1 aliphatic heterocycles. The van der Waals surface area contributed by atoms with Crippen molar-refractivity contribution >= 4 is 15.9 Å². The van der Waals surface area contributed by atoms with Crippen LogP contribution in [0.5, 0.6) is 5.75 Å². The van der Waals surface area contributed by atoms with Gasteiger partial charge in [0.15, 0.2) is 0 Å². The molecule has 0 spiro atoms. The van der Waals surface area contributed by atoms with Gasteiger partial charge in [0.1, 0.15) is 29.0 Å². The molecule has 2 fully saturated rings. The van der Waals surface area contributed by atoms with E-state index < -0.39 is 50.7 Å². The van der Waals surface area contributed by atoms with Crippen molar-refractivity contribution in [2.24, 2.45) is 5.92 Å². The van der Waals surface area contributed by atoms with E-state index in [2.05, 4.69) is 15.6 Å². The smallest absolute Gasteiger partial charge is 0.255 e. The molecule has 6 rings (SSSR count). The SMILES string of the molecule is O=C(NCC[C@](c1ccc(F)cc1)(c1cc(F)cc(F)c1)c1cncc(F)c1CC[C@H]1CNCCN1S(=O)(=O)CC1CC1)c1ccccc1O. The van der Waals surface area contributed by atoms with Crippen LogP contribution in [0.4, 0.5) is 17.6 Å². The number of phenols is 1. The second kappa shape index (κ2) is 14.9. The van der Waals surface area contributed by atoms with Gasteiger partial charge < -0.3 is 15.7 Å². The number of halogens is 4. The molecule has 0 radical (unpaired) electrons. The highest BCUT2D eigenvalue weighted by atomic mass is 32.2. The quantitative estimate of drug-likeness (QED) is 0.160. The number of nitrogens with zero attached hydrogens (tertiary/aromatic N) is 2. The molecular formula is C37H38F4N4O4S. The van der Waals surface area contributed by atoms with E-state index in [4.69, 9.17) is 0 Å². The first-order chi connectivity index (χ1) is 24.0. The minimum Gasteiger partial charge on any atom is -0.507 e. The summed E-state index contributed by atoms with van der Waals surface area (Å²) in [7, 11) is -3.56. The Hall–Kier alpha value is -4.33. The number of pyridine rings is 1. The third-order valence-corrected chi connectivity index (χ3v) is 11.7. The Morgan fingerprint density at radius 2 is 1.68 bits per heavy atom. The van der Waals surface area contributed by atoms with Crippen LogP contribution in [-0.4, -0.2) is 66.7 Å². The van der Waals surface area contributed by atoms with E-state index in [1.54, 1.807) is 12.1 Å². The first-order valence-electron chi connectivity index (χ1n) is 16.6. The van der Waals surface area contributed by atoms with Crippen molar-refractivity contribution in [3.63, 3.8) is 0 Å². The van der Waals surface area contributed by atoms with Crippen LogP contribution in [0, 0.1) is 29.2 Å². The number of hydrogen-bond donors (Lipinski definition) is 3. The molecule has 0 bridgehead atoms. The summed E-state index contributed by atoms with van der Waals surface area (Å²) < 4.78 is 88.8. The van der Waals surface area contributed by atoms with Crippen LogP contribution in [0.1, 0.15) is 58.3 Å². The number of para-hydroxylation sites is 1. The standard InChI is InChI=1S/C37H38F4N4O4S/c38-27-9-7-25(8-10-27)37(26-17-28(39)19-29(40)18-26,13-14-44-36(47)32-3-1-2-4-35(32)46)33-21-43-22-34(41)31(33)12-11-30-20-42-15-16-45(30)50(48,49)23-24-5-6-24/h1-4,7-10,17-19,21-22,24,30,42,46H,5-6,11-16,20,23H2,(H,44,47)/t30-,37-/m0/s1. The van der Waals surface area contributed by atoms with Gasteiger partial charge in [0, 0.05) is 49.9 Å². The minimum atomic E-state index is -3.56. The fraction of sp³-hybridized carbons (Fsp3) is 0.351. The second-order valence-electron chi connectivity index (χ2n) is 13.0. The maximum Gasteiger partial charge on any atom is 0.255 e. The molecule has 2 aliphatic rings. The molecule has 2 atom stereocenters. The van der Waals surface area contributed by atoms with Crippen LogP contribution in [0.3, 0.4) is 0 Å². The summed E-state index contributed by atoms with van der Waals surface area (Å²) in [6.07, 6.45) is 4.35. The van der Waals surface area contributed by atoms with Gasteiger partial charge in [0.25, 0.3) is 5.91 Å². The first kappa shape index (κ1) is 35.5. The number of hydrogen-bond acceptors (Lipinski definition) is 6. The van der Waals surface area contributed by atoms with Gasteiger partial charge in [-0.25, -0.2) is 26.0 Å². The molecule has 1 saturated heterocycles. The fourth-order valence-electron chi connectivity index (χ4n) is 6.99. The van der Waals surface area contributed by atoms with Gasteiger partial charge in [-0.05, 0) is 96.7 Å². The molecule has 13 heteroatoms. The fourth-order valence-corrected chi connectivity index (χ4v) is 9.11. The van der Waals surface area contributed by atoms with Crippen LogP contribution < -0.4 is 10.6 Å². The summed E-state index contributed by atoms with van der Waals surface area (Å²) in [4.78, 5) is 17.3. The molecule has 3 N–H and O–H groups in total. The number of rotatable bonds is 13. The number of sulfonamides is 1. The molecule has 8 nitrogen and oxygen atoms in total. The Kier molecular flexibility index (Phi) is 10.6. The number of amides is 1. The van der Waals surface area contributed by atoms with Crippen LogP contribution in [0.25, 0.3) is 0 Å². The van der Waals surface area contributed by atoms with Crippen molar-refractivity contribution in [2.45, 2.75) is 43.6 Å². The lowest BCUT2D eigenvalue weighted by atomic mass is 9.66. The number of carbonyl (C=O) groups excluding carboxylic acids is 1. The van der Waals surface area contributed by atoms with Gasteiger partial charge in [-0.1, -0.05) is 24.3 Å². The largest absolute Gasteiger partial charge is 0.507 e. The molecule has 264 valence electrons. The van der Waals surface area contributed by atoms with Crippen LogP contribution in [0.15, 0.2) is 79.1 Å². The summed E-state index contributed by atoms with van der Waals surface area (Å²) in [6.45, 7) is 1.01. The number of phenolic OH excluding ortho intramolecular Hbond substituents is 1. The average Bonchev–Trinajstić information content (AvgIpc) is 3.90. The molecule has 1 amide bonds. The zero-order valence-corrected chi connectivity index (χ0v) is 28.0. The zero-order valence-electron chi connectivity index (χ0n) is 27.2. The van der Waals surface area contributed by atoms with E-state index in [1.165, 1.54) is 46.9 Å². The second-order valence-corrected chi connectivity index (χ2v) is 14.9. The number of aromatic nitrogens is 1. The molecular weight excluding hydrogens is 672 g/mol. The molecule has 2 heterocycles. The highest BCUT2D eigenvalue weighted by molar-refractivity contribution is 7.89. The summed E-state index contributed by atoms with van der Waals surface area (Å²) in [5, 5.41) is 16.2. The first-order valence-corrected chi connectivity index (χ1v) is 18.2. The molecule has 1 aromatic heterocycles. The molecule has 50 heavy (non-hydrogen) atoms. The molecule has 4 aromatic rings. The van der Waals surface area contributed by atoms with E-state index >= 15 is 13.2 Å². The lowest BCUT2D eigenvalue weighted by molar-refractivity contribution is 0.0949. The van der Waals surface area contributed by atoms with Crippen molar-refractivity contribution in [3.8, 4) is 5.75 Å². The van der Waals surface area contributed by atoms with E-state index in [0.29, 0.717) is 24.7 Å². The van der Waals surface area contributed by atoms with Crippen LogP contribution >= 0.6 is 0 Å². The predicted octanol–water partition coefficient (Wildman–Crippen LogP) is 5.44. The van der Waals surface area contributed by atoms with E-state index in [-0.39, 0.29) is 72.0 Å². The number of piperazine rings is 1. The normalized spacial score (nSPS) is 18.0. The van der Waals surface area contributed by atoms with Crippen molar-refractivity contribution in [1.82, 2.24) is 19.9 Å². The minimum absolute atomic E-state index is 0.00655. The highest BCUT2D eigenvalue weighted by Crippen LogP contribution is 2.45. The molecule has 1 saturated carbocycles. The molecule has 3 aromatic carbocycles.